The van der Waals surface area contributed by atoms with Gasteiger partial charge in [0.25, 0.3) is 0 Å². The predicted molar refractivity (Wildman–Crippen MR) is 77.6 cm³/mol. The van der Waals surface area contributed by atoms with E-state index >= 15 is 0 Å². The first-order valence-corrected chi connectivity index (χ1v) is 7.39. The third-order valence-electron chi connectivity index (χ3n) is 2.85. The third kappa shape index (κ3) is 26.5. The van der Waals surface area contributed by atoms with Gasteiger partial charge in [0.2, 0.25) is 0 Å². The number of carboxylic acid groups (broad SMARTS) is 1. The first-order valence-electron chi connectivity index (χ1n) is 7.39. The third-order valence-corrected chi connectivity index (χ3v) is 2.85. The van der Waals surface area contributed by atoms with E-state index in [1.54, 1.807) is 0 Å². The lowest BCUT2D eigenvalue weighted by atomic mass is 10.1. The Morgan fingerprint density at radius 1 is 0.947 bits per heavy atom. The van der Waals surface area contributed by atoms with Crippen molar-refractivity contribution in [1.29, 1.82) is 0 Å². The number of rotatable bonds is 11. The summed E-state index contributed by atoms with van der Waals surface area (Å²) in [6, 6.07) is 0. The normalized spacial score (nSPS) is 9.37. The molecule has 0 rings (SSSR count). The van der Waals surface area contributed by atoms with Crippen LogP contribution in [0.25, 0.3) is 0 Å². The zero-order valence-electron chi connectivity index (χ0n) is 12.5. The van der Waals surface area contributed by atoms with Crippen LogP contribution in [0.1, 0.15) is 77.6 Å². The smallest absolute Gasteiger partial charge is 0.450 e. The second-order valence-electron chi connectivity index (χ2n) is 4.61. The van der Waals surface area contributed by atoms with Crippen molar-refractivity contribution in [3.63, 3.8) is 0 Å². The number of carbonyl (C=O) groups excluding carboxylic acids is 1. The number of methoxy groups -OCH3 is 1. The lowest BCUT2D eigenvalue weighted by molar-refractivity contribution is -0.107. The molecule has 0 unspecified atom stereocenters. The van der Waals surface area contributed by atoms with Crippen LogP contribution in [-0.4, -0.2) is 24.7 Å². The van der Waals surface area contributed by atoms with E-state index in [2.05, 4.69) is 11.7 Å². The number of hydrogen-bond donors (Lipinski definition) is 1. The molecule has 0 atom stereocenters. The molecule has 0 bridgehead atoms. The molecule has 0 fully saturated rings. The highest BCUT2D eigenvalue weighted by Gasteiger charge is 1.91. The number of unbranched alkanes of at least 4 members (excludes halogenated alkanes) is 10. The molecule has 0 aliphatic heterocycles. The van der Waals surface area contributed by atoms with Crippen LogP contribution in [-0.2, 0) is 9.53 Å². The maximum absolute atomic E-state index is 10.0. The Morgan fingerprint density at radius 2 is 1.32 bits per heavy atom. The Labute approximate surface area is 117 Å². The van der Waals surface area contributed by atoms with Crippen molar-refractivity contribution >= 4 is 12.4 Å². The molecule has 0 aliphatic carbocycles. The van der Waals surface area contributed by atoms with Crippen molar-refractivity contribution in [2.24, 2.45) is 0 Å². The van der Waals surface area contributed by atoms with Crippen LogP contribution in [0.5, 0.6) is 0 Å². The summed E-state index contributed by atoms with van der Waals surface area (Å²) >= 11 is 0. The Morgan fingerprint density at radius 3 is 1.63 bits per heavy atom. The van der Waals surface area contributed by atoms with Gasteiger partial charge in [0, 0.05) is 6.42 Å². The highest BCUT2D eigenvalue weighted by Crippen LogP contribution is 2.10. The molecule has 1 N–H and O–H groups in total. The lowest BCUT2D eigenvalue weighted by Gasteiger charge is -2.00. The van der Waals surface area contributed by atoms with E-state index in [1.807, 2.05) is 0 Å². The Balaban J connectivity index is 0. The van der Waals surface area contributed by atoms with Gasteiger partial charge < -0.3 is 14.6 Å². The molecule has 4 nitrogen and oxygen atoms in total. The molecule has 4 heteroatoms. The monoisotopic (exact) mass is 274 g/mol. The van der Waals surface area contributed by atoms with Gasteiger partial charge in [-0.3, -0.25) is 0 Å². The van der Waals surface area contributed by atoms with E-state index in [4.69, 9.17) is 9.90 Å². The fourth-order valence-corrected chi connectivity index (χ4v) is 1.72. The summed E-state index contributed by atoms with van der Waals surface area (Å²) in [5, 5.41) is 7.50. The summed E-state index contributed by atoms with van der Waals surface area (Å²) in [5.74, 6) is 0. The van der Waals surface area contributed by atoms with Crippen molar-refractivity contribution < 1.29 is 19.4 Å². The minimum atomic E-state index is -1.25. The van der Waals surface area contributed by atoms with Crippen LogP contribution >= 0.6 is 0 Å². The van der Waals surface area contributed by atoms with E-state index in [-0.39, 0.29) is 0 Å². The molecule has 19 heavy (non-hydrogen) atoms. The molecule has 0 aromatic rings. The number of aldehydes is 1. The average Bonchev–Trinajstić information content (AvgIpc) is 2.41. The van der Waals surface area contributed by atoms with Gasteiger partial charge in [-0.25, -0.2) is 4.79 Å². The molecule has 0 spiro atoms. The van der Waals surface area contributed by atoms with Gasteiger partial charge in [0.1, 0.15) is 6.29 Å². The molecule has 0 aromatic carbocycles. The number of hydrogen-bond acceptors (Lipinski definition) is 3. The first kappa shape index (κ1) is 20.3. The maximum Gasteiger partial charge on any atom is 0.505 e. The molecule has 0 saturated heterocycles. The minimum absolute atomic E-state index is 0.760. The van der Waals surface area contributed by atoms with E-state index in [1.165, 1.54) is 57.8 Å². The zero-order chi connectivity index (χ0) is 14.8. The Kier molecular flexibility index (Phi) is 20.6. The number of carbonyl (C=O) groups is 2. The van der Waals surface area contributed by atoms with E-state index in [0.29, 0.717) is 0 Å². The molecule has 0 aromatic heterocycles. The van der Waals surface area contributed by atoms with Gasteiger partial charge in [-0.2, -0.15) is 0 Å². The van der Waals surface area contributed by atoms with E-state index in [9.17, 15) is 4.79 Å². The summed E-state index contributed by atoms with van der Waals surface area (Å²) < 4.78 is 3.67. The van der Waals surface area contributed by atoms with Crippen LogP contribution in [0.15, 0.2) is 0 Å². The van der Waals surface area contributed by atoms with Gasteiger partial charge in [-0.15, -0.1) is 0 Å². The van der Waals surface area contributed by atoms with Gasteiger partial charge in [-0.05, 0) is 6.42 Å². The van der Waals surface area contributed by atoms with E-state index < -0.39 is 6.16 Å². The van der Waals surface area contributed by atoms with Gasteiger partial charge in [0.15, 0.2) is 0 Å². The molecule has 0 aliphatic rings. The molecule has 0 heterocycles. The largest absolute Gasteiger partial charge is 0.505 e. The summed E-state index contributed by atoms with van der Waals surface area (Å²) in [4.78, 5) is 19.2. The fraction of sp³-hybridized carbons (Fsp3) is 0.867. The average molecular weight is 274 g/mol. The van der Waals surface area contributed by atoms with Gasteiger partial charge >= 0.3 is 6.16 Å². The molecular formula is C15H30O4. The highest BCUT2D eigenvalue weighted by atomic mass is 16.6. The first-order chi connectivity index (χ1) is 9.18. The standard InChI is InChI=1S/C13H26O.C2H4O3/c1-2-3-4-5-6-7-8-9-10-11-12-13-14;1-5-2(3)4/h13H,2-12H2,1H3;1H3,(H,3,4). The second kappa shape index (κ2) is 19.3. The molecule has 0 radical (unpaired) electrons. The van der Waals surface area contributed by atoms with Gasteiger partial charge in [-0.1, -0.05) is 64.7 Å². The van der Waals surface area contributed by atoms with Crippen molar-refractivity contribution in [3.8, 4) is 0 Å². The van der Waals surface area contributed by atoms with Crippen molar-refractivity contribution in [1.82, 2.24) is 0 Å². The van der Waals surface area contributed by atoms with Crippen molar-refractivity contribution in [3.05, 3.63) is 0 Å². The predicted octanol–water partition coefficient (Wildman–Crippen LogP) is 4.81. The number of ether oxygens (including phenoxy) is 1. The molecule has 0 amide bonds. The summed E-state index contributed by atoms with van der Waals surface area (Å²) in [6.07, 6.45) is 14.0. The van der Waals surface area contributed by atoms with Crippen LogP contribution in [0, 0.1) is 0 Å². The quantitative estimate of drug-likeness (QED) is 0.334. The van der Waals surface area contributed by atoms with Crippen LogP contribution in [0.3, 0.4) is 0 Å². The Bertz CT molecular complexity index is 193. The molecule has 114 valence electrons. The molecular weight excluding hydrogens is 244 g/mol. The summed E-state index contributed by atoms with van der Waals surface area (Å²) in [6.45, 7) is 2.26. The van der Waals surface area contributed by atoms with Crippen molar-refractivity contribution in [2.45, 2.75) is 77.6 Å². The van der Waals surface area contributed by atoms with Crippen LogP contribution in [0.2, 0.25) is 0 Å². The fourth-order valence-electron chi connectivity index (χ4n) is 1.72. The van der Waals surface area contributed by atoms with Crippen LogP contribution < -0.4 is 0 Å². The lowest BCUT2D eigenvalue weighted by Crippen LogP contribution is -1.91. The highest BCUT2D eigenvalue weighted by molar-refractivity contribution is 5.56. The second-order valence-corrected chi connectivity index (χ2v) is 4.61. The zero-order valence-corrected chi connectivity index (χ0v) is 12.5. The SMILES string of the molecule is CCCCCCCCCCCCC=O.COC(=O)O. The van der Waals surface area contributed by atoms with Crippen molar-refractivity contribution in [2.75, 3.05) is 7.11 Å². The minimum Gasteiger partial charge on any atom is -0.450 e. The van der Waals surface area contributed by atoms with E-state index in [0.717, 1.165) is 26.2 Å². The molecule has 0 saturated carbocycles. The summed E-state index contributed by atoms with van der Waals surface area (Å²) in [5.41, 5.74) is 0. The maximum atomic E-state index is 10.0. The summed E-state index contributed by atoms with van der Waals surface area (Å²) in [7, 11) is 1.10. The topological polar surface area (TPSA) is 63.6 Å². The Hall–Kier alpha value is -1.06. The van der Waals surface area contributed by atoms with Crippen LogP contribution in [0.4, 0.5) is 4.79 Å². The van der Waals surface area contributed by atoms with Gasteiger partial charge in [0.05, 0.1) is 7.11 Å².